The Hall–Kier alpha value is 0.270. The first-order valence-corrected chi connectivity index (χ1v) is 10.5. The van der Waals surface area contributed by atoms with Crippen LogP contribution in [0.1, 0.15) is 84.0 Å². The van der Waals surface area contributed by atoms with Crippen LogP contribution >= 0.6 is 11.8 Å². The molecule has 0 aliphatic carbocycles. The quantitative estimate of drug-likeness (QED) is 0.373. The van der Waals surface area contributed by atoms with Gasteiger partial charge in [-0.25, -0.2) is 0 Å². The second kappa shape index (κ2) is 18.3. The lowest BCUT2D eigenvalue weighted by Gasteiger charge is -2.13. The van der Waals surface area contributed by atoms with Crippen molar-refractivity contribution >= 4 is 11.8 Å². The fourth-order valence-electron chi connectivity index (χ4n) is 2.62. The molecule has 21 heavy (non-hydrogen) atoms. The van der Waals surface area contributed by atoms with Crippen molar-refractivity contribution in [1.29, 1.82) is 0 Å². The Bertz CT molecular complexity index is 188. The summed E-state index contributed by atoms with van der Waals surface area (Å²) in [5.41, 5.74) is 11.4. The minimum absolute atomic E-state index is 0.682. The van der Waals surface area contributed by atoms with E-state index in [1.807, 2.05) is 0 Å². The summed E-state index contributed by atoms with van der Waals surface area (Å²) in [5, 5.41) is 0. The number of hydrogen-bond donors (Lipinski definition) is 2. The molecule has 0 aliphatic heterocycles. The molecule has 0 bridgehead atoms. The van der Waals surface area contributed by atoms with Crippen molar-refractivity contribution < 1.29 is 0 Å². The number of nitrogens with two attached hydrogens (primary N) is 2. The maximum atomic E-state index is 5.80. The van der Waals surface area contributed by atoms with E-state index < -0.39 is 0 Å². The van der Waals surface area contributed by atoms with Gasteiger partial charge in [-0.2, -0.15) is 11.8 Å². The van der Waals surface area contributed by atoms with E-state index in [-0.39, 0.29) is 0 Å². The van der Waals surface area contributed by atoms with Crippen LogP contribution in [0.3, 0.4) is 0 Å². The average Bonchev–Trinajstić information content (AvgIpc) is 2.51. The molecule has 128 valence electrons. The highest BCUT2D eigenvalue weighted by molar-refractivity contribution is 7.99. The van der Waals surface area contributed by atoms with Crippen molar-refractivity contribution in [2.75, 3.05) is 24.6 Å². The van der Waals surface area contributed by atoms with E-state index >= 15 is 0 Å². The summed E-state index contributed by atoms with van der Waals surface area (Å²) in [6.07, 6.45) is 16.6. The van der Waals surface area contributed by atoms with Crippen molar-refractivity contribution in [3.05, 3.63) is 0 Å². The van der Waals surface area contributed by atoms with Gasteiger partial charge >= 0.3 is 0 Å². The van der Waals surface area contributed by atoms with Crippen LogP contribution in [-0.2, 0) is 0 Å². The van der Waals surface area contributed by atoms with Crippen LogP contribution in [0.25, 0.3) is 0 Å². The molecule has 3 heteroatoms. The van der Waals surface area contributed by atoms with E-state index in [1.165, 1.54) is 82.1 Å². The van der Waals surface area contributed by atoms with E-state index in [9.17, 15) is 0 Å². The minimum Gasteiger partial charge on any atom is -0.330 e. The monoisotopic (exact) mass is 316 g/mol. The number of rotatable bonds is 17. The molecule has 1 unspecified atom stereocenters. The van der Waals surface area contributed by atoms with Crippen LogP contribution in [0.2, 0.25) is 0 Å². The van der Waals surface area contributed by atoms with Gasteiger partial charge in [-0.3, -0.25) is 0 Å². The maximum Gasteiger partial charge on any atom is -0.00271 e. The van der Waals surface area contributed by atoms with Gasteiger partial charge in [-0.15, -0.1) is 0 Å². The van der Waals surface area contributed by atoms with Gasteiger partial charge in [-0.05, 0) is 49.8 Å². The molecule has 0 saturated carbocycles. The van der Waals surface area contributed by atoms with Crippen LogP contribution in [0.15, 0.2) is 0 Å². The van der Waals surface area contributed by atoms with Gasteiger partial charge in [-0.1, -0.05) is 64.7 Å². The molecule has 0 spiro atoms. The Labute approximate surface area is 138 Å². The minimum atomic E-state index is 0.682. The molecule has 0 radical (unpaired) electrons. The van der Waals surface area contributed by atoms with E-state index in [1.54, 1.807) is 0 Å². The molecule has 2 nitrogen and oxygen atoms in total. The molecule has 0 saturated heterocycles. The first-order valence-electron chi connectivity index (χ1n) is 9.33. The second-order valence-electron chi connectivity index (χ2n) is 6.29. The normalized spacial score (nSPS) is 12.7. The summed E-state index contributed by atoms with van der Waals surface area (Å²) in [6, 6.07) is 0. The summed E-state index contributed by atoms with van der Waals surface area (Å²) in [7, 11) is 0. The van der Waals surface area contributed by atoms with Gasteiger partial charge in [0.05, 0.1) is 0 Å². The van der Waals surface area contributed by atoms with Crippen LogP contribution < -0.4 is 11.5 Å². The number of unbranched alkanes of at least 4 members (excludes halogenated alkanes) is 9. The number of thioether (sulfide) groups is 1. The van der Waals surface area contributed by atoms with E-state index in [0.29, 0.717) is 5.92 Å². The maximum absolute atomic E-state index is 5.80. The van der Waals surface area contributed by atoms with Crippen LogP contribution in [-0.4, -0.2) is 24.6 Å². The average molecular weight is 317 g/mol. The summed E-state index contributed by atoms with van der Waals surface area (Å²) in [6.45, 7) is 3.91. The van der Waals surface area contributed by atoms with Gasteiger partial charge in [0.1, 0.15) is 0 Å². The molecular weight excluding hydrogens is 276 g/mol. The largest absolute Gasteiger partial charge is 0.330 e. The van der Waals surface area contributed by atoms with Crippen molar-refractivity contribution in [1.82, 2.24) is 0 Å². The van der Waals surface area contributed by atoms with Gasteiger partial charge in [0, 0.05) is 0 Å². The van der Waals surface area contributed by atoms with Gasteiger partial charge in [0.2, 0.25) is 0 Å². The fourth-order valence-corrected chi connectivity index (χ4v) is 3.83. The summed E-state index contributed by atoms with van der Waals surface area (Å²) < 4.78 is 0. The van der Waals surface area contributed by atoms with Gasteiger partial charge < -0.3 is 11.5 Å². The van der Waals surface area contributed by atoms with Gasteiger partial charge in [0.25, 0.3) is 0 Å². The summed E-state index contributed by atoms with van der Waals surface area (Å²) >= 11 is 2.09. The van der Waals surface area contributed by atoms with Crippen molar-refractivity contribution in [2.45, 2.75) is 84.0 Å². The molecule has 0 fully saturated rings. The zero-order valence-corrected chi connectivity index (χ0v) is 15.3. The lowest BCUT2D eigenvalue weighted by atomic mass is 10.1. The Morgan fingerprint density at radius 2 is 1.33 bits per heavy atom. The third-order valence-electron chi connectivity index (χ3n) is 4.15. The Morgan fingerprint density at radius 3 is 1.86 bits per heavy atom. The third-order valence-corrected chi connectivity index (χ3v) is 5.43. The van der Waals surface area contributed by atoms with Crippen LogP contribution in [0.5, 0.6) is 0 Å². The van der Waals surface area contributed by atoms with Crippen molar-refractivity contribution in [2.24, 2.45) is 17.4 Å². The van der Waals surface area contributed by atoms with Crippen LogP contribution in [0.4, 0.5) is 0 Å². The fraction of sp³-hybridized carbons (Fsp3) is 1.00. The lowest BCUT2D eigenvalue weighted by Crippen LogP contribution is -2.18. The number of hydrogen-bond acceptors (Lipinski definition) is 3. The second-order valence-corrected chi connectivity index (χ2v) is 7.44. The van der Waals surface area contributed by atoms with Crippen LogP contribution in [0, 0.1) is 5.92 Å². The Balaban J connectivity index is 3.14. The zero-order chi connectivity index (χ0) is 15.6. The topological polar surface area (TPSA) is 52.0 Å². The standard InChI is InChI=1S/C18H40N2S/c1-2-3-4-5-6-7-8-9-10-11-15-21-17-18(16-20)13-12-14-19/h18H,2-17,19-20H2,1H3. The molecule has 0 rings (SSSR count). The highest BCUT2D eigenvalue weighted by Gasteiger charge is 2.05. The molecule has 1 atom stereocenters. The highest BCUT2D eigenvalue weighted by atomic mass is 32.2. The molecule has 4 N–H and O–H groups in total. The first kappa shape index (κ1) is 21.3. The summed E-state index contributed by atoms with van der Waals surface area (Å²) in [5.74, 6) is 3.23. The third kappa shape index (κ3) is 16.5. The Kier molecular flexibility index (Phi) is 18.6. The zero-order valence-electron chi connectivity index (χ0n) is 14.5. The molecular formula is C18H40N2S. The van der Waals surface area contributed by atoms with E-state index in [0.717, 1.165) is 19.5 Å². The Morgan fingerprint density at radius 1 is 0.762 bits per heavy atom. The molecule has 0 aromatic carbocycles. The predicted octanol–water partition coefficient (Wildman–Crippen LogP) is 4.95. The van der Waals surface area contributed by atoms with E-state index in [2.05, 4.69) is 18.7 Å². The van der Waals surface area contributed by atoms with E-state index in [4.69, 9.17) is 11.5 Å². The lowest BCUT2D eigenvalue weighted by molar-refractivity contribution is 0.532. The molecule has 0 aromatic heterocycles. The molecule has 0 amide bonds. The first-order chi connectivity index (χ1) is 10.3. The molecule has 0 heterocycles. The molecule has 0 aliphatic rings. The van der Waals surface area contributed by atoms with Crippen molar-refractivity contribution in [3.8, 4) is 0 Å². The SMILES string of the molecule is CCCCCCCCCCCCSCC(CN)CCCN. The highest BCUT2D eigenvalue weighted by Crippen LogP contribution is 2.16. The summed E-state index contributed by atoms with van der Waals surface area (Å²) in [4.78, 5) is 0. The van der Waals surface area contributed by atoms with Gasteiger partial charge in [0.15, 0.2) is 0 Å². The molecule has 0 aromatic rings. The smallest absolute Gasteiger partial charge is 0.00271 e. The predicted molar refractivity (Wildman–Crippen MR) is 100 cm³/mol. The van der Waals surface area contributed by atoms with Crippen molar-refractivity contribution in [3.63, 3.8) is 0 Å².